The predicted molar refractivity (Wildman–Crippen MR) is 79.4 cm³/mol. The highest BCUT2D eigenvalue weighted by Crippen LogP contribution is 2.28. The van der Waals surface area contributed by atoms with E-state index in [9.17, 15) is 40.7 Å². The van der Waals surface area contributed by atoms with Crippen LogP contribution in [0, 0.1) is 20.2 Å². The van der Waals surface area contributed by atoms with Gasteiger partial charge >= 0.3 is 0 Å². The monoisotopic (exact) mass is 347 g/mol. The summed E-state index contributed by atoms with van der Waals surface area (Å²) in [6.07, 6.45) is -6.99. The van der Waals surface area contributed by atoms with Crippen LogP contribution in [0.25, 0.3) is 0 Å². The second-order valence-corrected chi connectivity index (χ2v) is 4.90. The van der Waals surface area contributed by atoms with Crippen LogP contribution in [0.3, 0.4) is 0 Å². The summed E-state index contributed by atoms with van der Waals surface area (Å²) < 4.78 is 0. The van der Waals surface area contributed by atoms with E-state index < -0.39 is 58.8 Å². The van der Waals surface area contributed by atoms with Crippen LogP contribution in [0.5, 0.6) is 0 Å². The number of nitro groups is 2. The molecule has 0 heterocycles. The van der Waals surface area contributed by atoms with E-state index in [1.165, 1.54) is 0 Å². The van der Waals surface area contributed by atoms with Crippen molar-refractivity contribution in [2.75, 3.05) is 18.5 Å². The Morgan fingerprint density at radius 3 is 2.08 bits per heavy atom. The molecule has 0 aliphatic rings. The highest BCUT2D eigenvalue weighted by molar-refractivity contribution is 5.65. The van der Waals surface area contributed by atoms with Crippen molar-refractivity contribution in [3.8, 4) is 0 Å². The minimum atomic E-state index is -1.84. The first kappa shape index (κ1) is 19.7. The maximum atomic E-state index is 10.9. The summed E-state index contributed by atoms with van der Waals surface area (Å²) in [6.45, 7) is -1.30. The Morgan fingerprint density at radius 1 is 1.00 bits per heavy atom. The lowest BCUT2D eigenvalue weighted by Crippen LogP contribution is -2.48. The average Bonchev–Trinajstić information content (AvgIpc) is 2.56. The van der Waals surface area contributed by atoms with Gasteiger partial charge in [-0.3, -0.25) is 20.2 Å². The predicted octanol–water partition coefficient (Wildman–Crippen LogP) is -1.65. The number of non-ortho nitro benzene ring substituents is 1. The number of aliphatic hydroxyl groups excluding tert-OH is 5. The van der Waals surface area contributed by atoms with Gasteiger partial charge in [0.1, 0.15) is 24.0 Å². The molecule has 0 fully saturated rings. The van der Waals surface area contributed by atoms with Gasteiger partial charge in [-0.1, -0.05) is 0 Å². The van der Waals surface area contributed by atoms with Gasteiger partial charge in [0.05, 0.1) is 28.6 Å². The van der Waals surface area contributed by atoms with Gasteiger partial charge in [-0.05, 0) is 6.07 Å². The molecule has 0 radical (unpaired) electrons. The minimum absolute atomic E-state index is 0.144. The summed E-state index contributed by atoms with van der Waals surface area (Å²) in [7, 11) is 0. The largest absolute Gasteiger partial charge is 0.394 e. The van der Waals surface area contributed by atoms with Gasteiger partial charge in [-0.2, -0.15) is 0 Å². The quantitative estimate of drug-likeness (QED) is 0.222. The Bertz CT molecular complexity index is 597. The first-order valence-corrected chi connectivity index (χ1v) is 6.68. The molecule has 1 rings (SSSR count). The van der Waals surface area contributed by atoms with Crippen LogP contribution in [0.4, 0.5) is 17.1 Å². The molecule has 12 heteroatoms. The van der Waals surface area contributed by atoms with Crippen LogP contribution in [-0.2, 0) is 0 Å². The van der Waals surface area contributed by atoms with Crippen molar-refractivity contribution < 1.29 is 35.4 Å². The third-order valence-electron chi connectivity index (χ3n) is 3.22. The van der Waals surface area contributed by atoms with Crippen molar-refractivity contribution in [2.45, 2.75) is 24.4 Å². The molecule has 0 spiro atoms. The van der Waals surface area contributed by atoms with Crippen molar-refractivity contribution in [1.82, 2.24) is 0 Å². The van der Waals surface area contributed by atoms with Crippen molar-refractivity contribution in [1.29, 1.82) is 0 Å². The fraction of sp³-hybridized carbons (Fsp3) is 0.500. The maximum Gasteiger partial charge on any atom is 0.299 e. The van der Waals surface area contributed by atoms with Gasteiger partial charge in [0.15, 0.2) is 0 Å². The Hall–Kier alpha value is -2.38. The molecule has 0 aromatic heterocycles. The fourth-order valence-electron chi connectivity index (χ4n) is 1.83. The summed E-state index contributed by atoms with van der Waals surface area (Å²) in [5, 5.41) is 70.7. The van der Waals surface area contributed by atoms with Gasteiger partial charge in [0.2, 0.25) is 0 Å². The van der Waals surface area contributed by atoms with Gasteiger partial charge < -0.3 is 30.8 Å². The topological polar surface area (TPSA) is 199 Å². The lowest BCUT2D eigenvalue weighted by atomic mass is 10.0. The molecule has 1 aromatic carbocycles. The minimum Gasteiger partial charge on any atom is -0.394 e. The number of nitro benzene ring substituents is 2. The molecule has 12 nitrogen and oxygen atoms in total. The lowest BCUT2D eigenvalue weighted by Gasteiger charge is -2.25. The van der Waals surface area contributed by atoms with E-state index in [1.807, 2.05) is 0 Å². The van der Waals surface area contributed by atoms with E-state index in [2.05, 4.69) is 5.32 Å². The number of anilines is 1. The molecule has 0 saturated heterocycles. The van der Waals surface area contributed by atoms with Gasteiger partial charge in [0, 0.05) is 12.6 Å². The van der Waals surface area contributed by atoms with Gasteiger partial charge in [-0.25, -0.2) is 0 Å². The molecule has 0 bridgehead atoms. The summed E-state index contributed by atoms with van der Waals surface area (Å²) in [6, 6.07) is 2.81. The first-order valence-electron chi connectivity index (χ1n) is 6.68. The molecule has 0 aliphatic carbocycles. The van der Waals surface area contributed by atoms with Crippen LogP contribution < -0.4 is 5.32 Å². The van der Waals surface area contributed by atoms with E-state index in [1.54, 1.807) is 0 Å². The van der Waals surface area contributed by atoms with Crippen molar-refractivity contribution in [3.05, 3.63) is 38.4 Å². The molecular weight excluding hydrogens is 330 g/mol. The Balaban J connectivity index is 2.83. The summed E-state index contributed by atoms with van der Waals surface area (Å²) in [4.78, 5) is 19.9. The maximum absolute atomic E-state index is 10.9. The number of benzene rings is 1. The average molecular weight is 347 g/mol. The molecule has 0 aliphatic heterocycles. The van der Waals surface area contributed by atoms with E-state index in [4.69, 9.17) is 5.11 Å². The number of aliphatic hydroxyl groups is 5. The van der Waals surface area contributed by atoms with Crippen molar-refractivity contribution in [2.24, 2.45) is 0 Å². The van der Waals surface area contributed by atoms with Crippen LogP contribution in [0.1, 0.15) is 0 Å². The molecular formula is C12H17N3O9. The third-order valence-corrected chi connectivity index (χ3v) is 3.22. The Morgan fingerprint density at radius 2 is 1.58 bits per heavy atom. The zero-order chi connectivity index (χ0) is 18.4. The number of hydrogen-bond acceptors (Lipinski definition) is 10. The second kappa shape index (κ2) is 8.47. The standard InChI is InChI=1S/C12H17N3O9/c16-5-10(18)12(20)11(19)9(17)4-13-7-2-1-6(14(21)22)3-8(7)15(23)24/h1-3,9-13,16-20H,4-5H2/t9-,10-,11+,12-/m1/s1. The summed E-state index contributed by atoms with van der Waals surface area (Å²) in [5.41, 5.74) is -1.25. The number of hydrogen-bond donors (Lipinski definition) is 6. The normalized spacial score (nSPS) is 16.0. The number of rotatable bonds is 9. The molecule has 4 atom stereocenters. The van der Waals surface area contributed by atoms with Crippen LogP contribution in [0.2, 0.25) is 0 Å². The summed E-state index contributed by atoms with van der Waals surface area (Å²) >= 11 is 0. The van der Waals surface area contributed by atoms with E-state index in [0.29, 0.717) is 0 Å². The van der Waals surface area contributed by atoms with Crippen molar-refractivity contribution in [3.63, 3.8) is 0 Å². The highest BCUT2D eigenvalue weighted by atomic mass is 16.6. The molecule has 0 unspecified atom stereocenters. The molecule has 24 heavy (non-hydrogen) atoms. The second-order valence-electron chi connectivity index (χ2n) is 4.90. The van der Waals surface area contributed by atoms with Gasteiger partial charge in [-0.15, -0.1) is 0 Å². The van der Waals surface area contributed by atoms with Crippen LogP contribution >= 0.6 is 0 Å². The molecule has 0 saturated carbocycles. The fourth-order valence-corrected chi connectivity index (χ4v) is 1.83. The number of nitrogens with one attached hydrogen (secondary N) is 1. The number of nitrogens with zero attached hydrogens (tertiary/aromatic N) is 2. The van der Waals surface area contributed by atoms with Crippen LogP contribution in [-0.4, -0.2) is 72.9 Å². The zero-order valence-corrected chi connectivity index (χ0v) is 12.2. The lowest BCUT2D eigenvalue weighted by molar-refractivity contribution is -0.393. The smallest absolute Gasteiger partial charge is 0.299 e. The van der Waals surface area contributed by atoms with Gasteiger partial charge in [0.25, 0.3) is 11.4 Å². The van der Waals surface area contributed by atoms with Crippen molar-refractivity contribution >= 4 is 17.1 Å². The molecule has 6 N–H and O–H groups in total. The highest BCUT2D eigenvalue weighted by Gasteiger charge is 2.30. The molecule has 1 aromatic rings. The van der Waals surface area contributed by atoms with E-state index in [0.717, 1.165) is 18.2 Å². The van der Waals surface area contributed by atoms with Crippen LogP contribution in [0.15, 0.2) is 18.2 Å². The zero-order valence-electron chi connectivity index (χ0n) is 12.2. The van der Waals surface area contributed by atoms with E-state index in [-0.39, 0.29) is 5.69 Å². The summed E-state index contributed by atoms with van der Waals surface area (Å²) in [5.74, 6) is 0. The molecule has 0 amide bonds. The van der Waals surface area contributed by atoms with E-state index >= 15 is 0 Å². The SMILES string of the molecule is O=[N+]([O-])c1ccc(NC[C@@H](O)[C@H](O)[C@H](O)[C@H](O)CO)c([N+](=O)[O-])c1. The Labute approximate surface area is 134 Å². The Kier molecular flexibility index (Phi) is 6.94. The third kappa shape index (κ3) is 4.81. The molecule has 134 valence electrons. The first-order chi connectivity index (χ1) is 11.2.